The molecule has 0 atom stereocenters. The summed E-state index contributed by atoms with van der Waals surface area (Å²) in [4.78, 5) is 22.3. The first-order chi connectivity index (χ1) is 16.4. The van der Waals surface area contributed by atoms with Crippen LogP contribution in [0.4, 0.5) is 5.69 Å². The van der Waals surface area contributed by atoms with E-state index in [0.717, 1.165) is 72.5 Å². The minimum Gasteiger partial charge on any atom is -0.369 e. The third-order valence-corrected chi connectivity index (χ3v) is 7.14. The fraction of sp³-hybridized carbons (Fsp3) is 0.407. The van der Waals surface area contributed by atoms with Crippen LogP contribution in [-0.4, -0.2) is 59.6 Å². The average Bonchev–Trinajstić information content (AvgIpc) is 3.13. The summed E-state index contributed by atoms with van der Waals surface area (Å²) in [6, 6.07) is 14.3. The van der Waals surface area contributed by atoms with E-state index in [2.05, 4.69) is 56.7 Å². The van der Waals surface area contributed by atoms with E-state index < -0.39 is 0 Å². The summed E-state index contributed by atoms with van der Waals surface area (Å²) in [5.74, 6) is 0.721. The van der Waals surface area contributed by atoms with Crippen molar-refractivity contribution < 1.29 is 4.79 Å². The molecule has 1 aliphatic heterocycles. The van der Waals surface area contributed by atoms with Gasteiger partial charge in [0, 0.05) is 49.1 Å². The maximum atomic E-state index is 12.8. The lowest BCUT2D eigenvalue weighted by atomic mass is 10.1. The molecule has 0 radical (unpaired) electrons. The molecule has 1 aliphatic rings. The minimum atomic E-state index is -0.103. The van der Waals surface area contributed by atoms with Gasteiger partial charge in [-0.1, -0.05) is 35.9 Å². The SMILES string of the molecule is Cc1ccccc1-n1c(C)nc(C(=O)NCCCN2CCN(c3cccc(Cl)c3C)CC2)c1C. The largest absolute Gasteiger partial charge is 0.369 e. The van der Waals surface area contributed by atoms with Gasteiger partial charge in [-0.25, -0.2) is 4.98 Å². The van der Waals surface area contributed by atoms with Gasteiger partial charge in [-0.05, 0) is 70.0 Å². The Bertz CT molecular complexity index is 1160. The number of carbonyl (C=O) groups excluding carboxylic acids is 1. The van der Waals surface area contributed by atoms with Crippen LogP contribution in [0.3, 0.4) is 0 Å². The number of anilines is 1. The Morgan fingerprint density at radius 2 is 1.68 bits per heavy atom. The molecule has 1 aromatic heterocycles. The third kappa shape index (κ3) is 5.13. The first-order valence-corrected chi connectivity index (χ1v) is 12.4. The highest BCUT2D eigenvalue weighted by Crippen LogP contribution is 2.27. The molecular formula is C27H34ClN5O. The van der Waals surface area contributed by atoms with Crippen molar-refractivity contribution in [3.63, 3.8) is 0 Å². The van der Waals surface area contributed by atoms with E-state index in [1.807, 2.05) is 38.1 Å². The summed E-state index contributed by atoms with van der Waals surface area (Å²) in [7, 11) is 0. The zero-order valence-electron chi connectivity index (χ0n) is 20.6. The molecule has 0 unspecified atom stereocenters. The number of hydrogen-bond donors (Lipinski definition) is 1. The van der Waals surface area contributed by atoms with Gasteiger partial charge in [0.15, 0.2) is 0 Å². The van der Waals surface area contributed by atoms with Crippen LogP contribution >= 0.6 is 11.6 Å². The van der Waals surface area contributed by atoms with Gasteiger partial charge in [0.1, 0.15) is 11.5 Å². The number of piperazine rings is 1. The monoisotopic (exact) mass is 479 g/mol. The first kappa shape index (κ1) is 24.3. The Kier molecular flexibility index (Phi) is 7.59. The van der Waals surface area contributed by atoms with E-state index in [-0.39, 0.29) is 5.91 Å². The number of nitrogens with zero attached hydrogens (tertiary/aromatic N) is 4. The fourth-order valence-electron chi connectivity index (χ4n) is 4.77. The van der Waals surface area contributed by atoms with Gasteiger partial charge < -0.3 is 14.8 Å². The van der Waals surface area contributed by atoms with Crippen molar-refractivity contribution in [2.45, 2.75) is 34.1 Å². The number of imidazole rings is 1. The van der Waals surface area contributed by atoms with Gasteiger partial charge >= 0.3 is 0 Å². The van der Waals surface area contributed by atoms with Crippen LogP contribution in [-0.2, 0) is 0 Å². The fourth-order valence-corrected chi connectivity index (χ4v) is 4.93. The Labute approximate surface area is 207 Å². The Hall–Kier alpha value is -2.83. The number of nitrogens with one attached hydrogen (secondary N) is 1. The molecule has 0 saturated carbocycles. The van der Waals surface area contributed by atoms with Crippen molar-refractivity contribution in [3.8, 4) is 5.69 Å². The molecule has 2 aromatic carbocycles. The highest BCUT2D eigenvalue weighted by Gasteiger charge is 2.21. The second-order valence-electron chi connectivity index (χ2n) is 9.04. The van der Waals surface area contributed by atoms with Gasteiger partial charge in [0.25, 0.3) is 5.91 Å². The number of rotatable bonds is 7. The average molecular weight is 480 g/mol. The molecule has 2 heterocycles. The van der Waals surface area contributed by atoms with Crippen molar-refractivity contribution in [3.05, 3.63) is 75.8 Å². The number of amides is 1. The van der Waals surface area contributed by atoms with Crippen molar-refractivity contribution in [2.24, 2.45) is 0 Å². The lowest BCUT2D eigenvalue weighted by Crippen LogP contribution is -2.47. The van der Waals surface area contributed by atoms with Gasteiger partial charge in [0.05, 0.1) is 5.69 Å². The summed E-state index contributed by atoms with van der Waals surface area (Å²) in [6.45, 7) is 13.7. The molecule has 0 spiro atoms. The maximum absolute atomic E-state index is 12.8. The summed E-state index contributed by atoms with van der Waals surface area (Å²) in [5, 5.41) is 3.89. The number of benzene rings is 2. The molecule has 3 aromatic rings. The van der Waals surface area contributed by atoms with Crippen molar-refractivity contribution in [1.29, 1.82) is 0 Å². The third-order valence-electron chi connectivity index (χ3n) is 6.74. The quantitative estimate of drug-likeness (QED) is 0.499. The predicted octanol–water partition coefficient (Wildman–Crippen LogP) is 4.70. The number of aromatic nitrogens is 2. The zero-order valence-corrected chi connectivity index (χ0v) is 21.3. The molecule has 7 heteroatoms. The smallest absolute Gasteiger partial charge is 0.271 e. The van der Waals surface area contributed by atoms with E-state index in [1.165, 1.54) is 5.69 Å². The maximum Gasteiger partial charge on any atom is 0.271 e. The zero-order chi connectivity index (χ0) is 24.2. The van der Waals surface area contributed by atoms with E-state index >= 15 is 0 Å². The molecule has 6 nitrogen and oxygen atoms in total. The van der Waals surface area contributed by atoms with Crippen LogP contribution in [0, 0.1) is 27.7 Å². The Morgan fingerprint density at radius 1 is 0.971 bits per heavy atom. The van der Waals surface area contributed by atoms with Crippen LogP contribution in [0.5, 0.6) is 0 Å². The lowest BCUT2D eigenvalue weighted by Gasteiger charge is -2.37. The number of carbonyl (C=O) groups is 1. The first-order valence-electron chi connectivity index (χ1n) is 12.0. The number of hydrogen-bond acceptors (Lipinski definition) is 4. The highest BCUT2D eigenvalue weighted by molar-refractivity contribution is 6.31. The number of aryl methyl sites for hydroxylation is 2. The highest BCUT2D eigenvalue weighted by atomic mass is 35.5. The van der Waals surface area contributed by atoms with E-state index in [1.54, 1.807) is 0 Å². The van der Waals surface area contributed by atoms with E-state index in [0.29, 0.717) is 12.2 Å². The van der Waals surface area contributed by atoms with E-state index in [9.17, 15) is 4.79 Å². The van der Waals surface area contributed by atoms with Crippen molar-refractivity contribution in [1.82, 2.24) is 19.8 Å². The number of halogens is 1. The molecule has 1 N–H and O–H groups in total. The minimum absolute atomic E-state index is 0.103. The van der Waals surface area contributed by atoms with Crippen molar-refractivity contribution in [2.75, 3.05) is 44.2 Å². The molecule has 4 rings (SSSR count). The van der Waals surface area contributed by atoms with Crippen LogP contribution in [0.1, 0.15) is 39.6 Å². The summed E-state index contributed by atoms with van der Waals surface area (Å²) >= 11 is 6.30. The van der Waals surface area contributed by atoms with Gasteiger partial charge in [-0.3, -0.25) is 9.69 Å². The van der Waals surface area contributed by atoms with E-state index in [4.69, 9.17) is 11.6 Å². The number of para-hydroxylation sites is 1. The molecule has 1 saturated heterocycles. The van der Waals surface area contributed by atoms with Crippen molar-refractivity contribution >= 4 is 23.2 Å². The summed E-state index contributed by atoms with van der Waals surface area (Å²) in [6.07, 6.45) is 0.915. The topological polar surface area (TPSA) is 53.4 Å². The van der Waals surface area contributed by atoms with Gasteiger partial charge in [-0.15, -0.1) is 0 Å². The second-order valence-corrected chi connectivity index (χ2v) is 9.44. The van der Waals surface area contributed by atoms with Gasteiger partial charge in [-0.2, -0.15) is 0 Å². The molecule has 1 amide bonds. The summed E-state index contributed by atoms with van der Waals surface area (Å²) < 4.78 is 2.06. The van der Waals surface area contributed by atoms with Gasteiger partial charge in [0.2, 0.25) is 0 Å². The lowest BCUT2D eigenvalue weighted by molar-refractivity contribution is 0.0946. The predicted molar refractivity (Wildman–Crippen MR) is 140 cm³/mol. The standard InChI is InChI=1S/C27H34ClN5O/c1-19-9-5-6-11-24(19)33-21(3)26(30-22(33)4)27(34)29-13-8-14-31-15-17-32(18-16-31)25-12-7-10-23(28)20(25)2/h5-7,9-12H,8,13-18H2,1-4H3,(H,29,34). The molecular weight excluding hydrogens is 446 g/mol. The molecule has 0 aliphatic carbocycles. The van der Waals surface area contributed by atoms with Crippen LogP contribution in [0.15, 0.2) is 42.5 Å². The van der Waals surface area contributed by atoms with Crippen LogP contribution in [0.2, 0.25) is 5.02 Å². The Morgan fingerprint density at radius 3 is 2.41 bits per heavy atom. The van der Waals surface area contributed by atoms with Crippen LogP contribution in [0.25, 0.3) is 5.69 Å². The Balaban J connectivity index is 1.26. The second kappa shape index (κ2) is 10.6. The summed E-state index contributed by atoms with van der Waals surface area (Å²) in [5.41, 5.74) is 5.98. The molecule has 180 valence electrons. The normalized spacial score (nSPS) is 14.4. The molecule has 1 fully saturated rings. The molecule has 34 heavy (non-hydrogen) atoms. The molecule has 0 bridgehead atoms. The van der Waals surface area contributed by atoms with Crippen LogP contribution < -0.4 is 10.2 Å².